The monoisotopic (exact) mass is 449 g/mol. The second-order valence-electron chi connectivity index (χ2n) is 8.41. The lowest BCUT2D eigenvalue weighted by molar-refractivity contribution is 0.0748. The number of benzene rings is 3. The van der Waals surface area contributed by atoms with Crippen molar-refractivity contribution in [1.82, 2.24) is 29.9 Å². The molecule has 1 fully saturated rings. The maximum atomic E-state index is 13.3. The molecule has 0 saturated carbocycles. The molecule has 8 nitrogen and oxygen atoms in total. The Morgan fingerprint density at radius 3 is 2.44 bits per heavy atom. The zero-order chi connectivity index (χ0) is 22.9. The van der Waals surface area contributed by atoms with Crippen molar-refractivity contribution in [2.45, 2.75) is 6.54 Å². The van der Waals surface area contributed by atoms with Crippen molar-refractivity contribution in [3.63, 3.8) is 0 Å². The molecule has 0 atom stereocenters. The lowest BCUT2D eigenvalue weighted by Crippen LogP contribution is -2.49. The van der Waals surface area contributed by atoms with Crippen molar-refractivity contribution in [3.8, 4) is 0 Å². The van der Waals surface area contributed by atoms with Crippen molar-refractivity contribution in [2.24, 2.45) is 0 Å². The van der Waals surface area contributed by atoms with Crippen LogP contribution in [-0.4, -0.2) is 61.9 Å². The lowest BCUT2D eigenvalue weighted by Gasteiger charge is -2.35. The SMILES string of the molecule is O=C(c1cccc2ccccc12)N1CCN(c2ncnc3c2nnn3Cc2ccccc2)CC1. The lowest BCUT2D eigenvalue weighted by atomic mass is 10.0. The largest absolute Gasteiger partial charge is 0.351 e. The Morgan fingerprint density at radius 1 is 0.824 bits per heavy atom. The summed E-state index contributed by atoms with van der Waals surface area (Å²) < 4.78 is 1.80. The molecule has 168 valence electrons. The maximum absolute atomic E-state index is 13.3. The van der Waals surface area contributed by atoms with E-state index in [4.69, 9.17) is 0 Å². The molecule has 0 unspecified atom stereocenters. The fourth-order valence-electron chi connectivity index (χ4n) is 4.58. The van der Waals surface area contributed by atoms with Crippen LogP contribution in [0.2, 0.25) is 0 Å². The fourth-order valence-corrected chi connectivity index (χ4v) is 4.58. The average Bonchev–Trinajstić information content (AvgIpc) is 3.31. The smallest absolute Gasteiger partial charge is 0.254 e. The number of carbonyl (C=O) groups is 1. The Labute approximate surface area is 196 Å². The molecular formula is C26H23N7O. The first kappa shape index (κ1) is 20.3. The second-order valence-corrected chi connectivity index (χ2v) is 8.41. The molecule has 1 aliphatic rings. The van der Waals surface area contributed by atoms with Crippen molar-refractivity contribution >= 4 is 33.7 Å². The molecule has 1 saturated heterocycles. The number of fused-ring (bicyclic) bond motifs is 2. The molecule has 0 bridgehead atoms. The summed E-state index contributed by atoms with van der Waals surface area (Å²) in [6, 6.07) is 24.0. The molecule has 0 aliphatic carbocycles. The second kappa shape index (κ2) is 8.55. The van der Waals surface area contributed by atoms with Gasteiger partial charge in [0.05, 0.1) is 6.54 Å². The predicted molar refractivity (Wildman–Crippen MR) is 131 cm³/mol. The fraction of sp³-hybridized carbons (Fsp3) is 0.192. The number of nitrogens with zero attached hydrogens (tertiary/aromatic N) is 7. The molecule has 8 heteroatoms. The van der Waals surface area contributed by atoms with Crippen LogP contribution in [0.4, 0.5) is 5.82 Å². The molecule has 5 aromatic rings. The maximum Gasteiger partial charge on any atom is 0.254 e. The minimum absolute atomic E-state index is 0.0677. The van der Waals surface area contributed by atoms with Gasteiger partial charge in [0.25, 0.3) is 5.91 Å². The van der Waals surface area contributed by atoms with Crippen molar-refractivity contribution in [3.05, 3.63) is 90.3 Å². The Kier molecular flexibility index (Phi) is 5.10. The molecule has 0 spiro atoms. The standard InChI is InChI=1S/C26H23N7O/c34-26(22-12-6-10-20-9-4-5-11-21(20)22)32-15-13-31(14-16-32)24-23-25(28-18-27-24)33(30-29-23)17-19-7-2-1-3-8-19/h1-12,18H,13-17H2. The third-order valence-corrected chi connectivity index (χ3v) is 6.34. The van der Waals surface area contributed by atoms with E-state index in [2.05, 4.69) is 37.3 Å². The van der Waals surface area contributed by atoms with Gasteiger partial charge in [0.2, 0.25) is 0 Å². The van der Waals surface area contributed by atoms with Gasteiger partial charge in [-0.15, -0.1) is 5.10 Å². The normalized spacial score (nSPS) is 14.1. The molecule has 0 radical (unpaired) electrons. The molecule has 1 aliphatic heterocycles. The zero-order valence-electron chi connectivity index (χ0n) is 18.6. The van der Waals surface area contributed by atoms with E-state index in [9.17, 15) is 4.79 Å². The van der Waals surface area contributed by atoms with E-state index in [1.54, 1.807) is 11.0 Å². The summed E-state index contributed by atoms with van der Waals surface area (Å²) in [5.41, 5.74) is 3.28. The molecule has 0 N–H and O–H groups in total. The van der Waals surface area contributed by atoms with Crippen molar-refractivity contribution < 1.29 is 4.79 Å². The summed E-state index contributed by atoms with van der Waals surface area (Å²) in [5, 5.41) is 10.8. The number of anilines is 1. The van der Waals surface area contributed by atoms with Gasteiger partial charge in [-0.2, -0.15) is 0 Å². The van der Waals surface area contributed by atoms with Gasteiger partial charge in [-0.25, -0.2) is 14.6 Å². The van der Waals surface area contributed by atoms with Crippen LogP contribution >= 0.6 is 0 Å². The van der Waals surface area contributed by atoms with Crippen LogP contribution in [0, 0.1) is 0 Å². The average molecular weight is 450 g/mol. The molecule has 3 heterocycles. The molecule has 2 aromatic heterocycles. The van der Waals surface area contributed by atoms with Gasteiger partial charge in [-0.05, 0) is 22.4 Å². The third kappa shape index (κ3) is 3.63. The number of hydrogen-bond donors (Lipinski definition) is 0. The first-order chi connectivity index (χ1) is 16.8. The highest BCUT2D eigenvalue weighted by atomic mass is 16.2. The van der Waals surface area contributed by atoms with Gasteiger partial charge >= 0.3 is 0 Å². The molecule has 34 heavy (non-hydrogen) atoms. The van der Waals surface area contributed by atoms with Gasteiger partial charge < -0.3 is 9.80 Å². The minimum Gasteiger partial charge on any atom is -0.351 e. The van der Waals surface area contributed by atoms with Crippen LogP contribution in [0.25, 0.3) is 21.9 Å². The van der Waals surface area contributed by atoms with E-state index < -0.39 is 0 Å². The third-order valence-electron chi connectivity index (χ3n) is 6.34. The van der Waals surface area contributed by atoms with Crippen molar-refractivity contribution in [2.75, 3.05) is 31.1 Å². The van der Waals surface area contributed by atoms with Gasteiger partial charge in [0.1, 0.15) is 6.33 Å². The Balaban J connectivity index is 1.21. The highest BCUT2D eigenvalue weighted by molar-refractivity contribution is 6.07. The van der Waals surface area contributed by atoms with E-state index in [-0.39, 0.29) is 5.91 Å². The van der Waals surface area contributed by atoms with Gasteiger partial charge in [-0.3, -0.25) is 4.79 Å². The summed E-state index contributed by atoms with van der Waals surface area (Å²) in [7, 11) is 0. The Morgan fingerprint density at radius 2 is 1.59 bits per heavy atom. The number of hydrogen-bond acceptors (Lipinski definition) is 6. The van der Waals surface area contributed by atoms with Gasteiger partial charge in [-0.1, -0.05) is 71.9 Å². The highest BCUT2D eigenvalue weighted by Gasteiger charge is 2.26. The predicted octanol–water partition coefficient (Wildman–Crippen LogP) is 3.39. The van der Waals surface area contributed by atoms with Crippen LogP contribution in [0.15, 0.2) is 79.1 Å². The first-order valence-electron chi connectivity index (χ1n) is 11.4. The Hall–Kier alpha value is -4.33. The molecule has 3 aromatic carbocycles. The number of carbonyl (C=O) groups excluding carboxylic acids is 1. The molecule has 1 amide bonds. The van der Waals surface area contributed by atoms with Crippen LogP contribution in [0.5, 0.6) is 0 Å². The van der Waals surface area contributed by atoms with E-state index in [1.165, 1.54) is 0 Å². The number of rotatable bonds is 4. The van der Waals surface area contributed by atoms with E-state index in [1.807, 2.05) is 65.6 Å². The molecular weight excluding hydrogens is 426 g/mol. The van der Waals surface area contributed by atoms with E-state index in [0.717, 1.165) is 27.7 Å². The number of aromatic nitrogens is 5. The summed E-state index contributed by atoms with van der Waals surface area (Å²) in [6.45, 7) is 3.18. The zero-order valence-corrected chi connectivity index (χ0v) is 18.6. The number of amides is 1. The minimum atomic E-state index is 0.0677. The van der Waals surface area contributed by atoms with Gasteiger partial charge in [0.15, 0.2) is 17.0 Å². The highest BCUT2D eigenvalue weighted by Crippen LogP contribution is 2.24. The first-order valence-corrected chi connectivity index (χ1v) is 11.4. The van der Waals surface area contributed by atoms with Crippen LogP contribution in [-0.2, 0) is 6.54 Å². The summed E-state index contributed by atoms with van der Waals surface area (Å²) >= 11 is 0. The quantitative estimate of drug-likeness (QED) is 0.419. The van der Waals surface area contributed by atoms with E-state index in [0.29, 0.717) is 43.9 Å². The van der Waals surface area contributed by atoms with Crippen molar-refractivity contribution in [1.29, 1.82) is 0 Å². The summed E-state index contributed by atoms with van der Waals surface area (Å²) in [4.78, 5) is 26.3. The van der Waals surface area contributed by atoms with Crippen LogP contribution in [0.1, 0.15) is 15.9 Å². The molecule has 6 rings (SSSR count). The topological polar surface area (TPSA) is 80.0 Å². The van der Waals surface area contributed by atoms with Crippen LogP contribution in [0.3, 0.4) is 0 Å². The van der Waals surface area contributed by atoms with Crippen LogP contribution < -0.4 is 4.90 Å². The number of piperazine rings is 1. The summed E-state index contributed by atoms with van der Waals surface area (Å²) in [5.74, 6) is 0.833. The Bertz CT molecular complexity index is 1470. The summed E-state index contributed by atoms with van der Waals surface area (Å²) in [6.07, 6.45) is 1.57. The van der Waals surface area contributed by atoms with E-state index >= 15 is 0 Å². The van der Waals surface area contributed by atoms with Gasteiger partial charge in [0, 0.05) is 31.7 Å².